The van der Waals surface area contributed by atoms with Gasteiger partial charge < -0.3 is 19.5 Å². The SMILES string of the molecule is COc1ccc(/C=C2\SC(=O)N(CC(=O)N3CCCC[C@H]3CCO)C2=O)cc1OC. The molecule has 3 amide bonds. The summed E-state index contributed by atoms with van der Waals surface area (Å²) >= 11 is 0.815. The van der Waals surface area contributed by atoms with E-state index in [1.807, 2.05) is 0 Å². The van der Waals surface area contributed by atoms with Gasteiger partial charge in [-0.05, 0) is 61.2 Å². The monoisotopic (exact) mass is 434 g/mol. The summed E-state index contributed by atoms with van der Waals surface area (Å²) in [5, 5.41) is 8.79. The second kappa shape index (κ2) is 9.99. The molecule has 9 heteroatoms. The molecule has 162 valence electrons. The summed E-state index contributed by atoms with van der Waals surface area (Å²) in [6.45, 7) is 0.307. The van der Waals surface area contributed by atoms with Crippen LogP contribution in [0.5, 0.6) is 11.5 Å². The molecule has 3 rings (SSSR count). The van der Waals surface area contributed by atoms with Gasteiger partial charge in [0.25, 0.3) is 11.1 Å². The maximum Gasteiger partial charge on any atom is 0.294 e. The number of hydrogen-bond donors (Lipinski definition) is 1. The number of carbonyl (C=O) groups is 3. The molecule has 2 heterocycles. The normalized spacial score (nSPS) is 20.8. The molecule has 0 saturated carbocycles. The Morgan fingerprint density at radius 2 is 2.00 bits per heavy atom. The van der Waals surface area contributed by atoms with E-state index in [9.17, 15) is 19.5 Å². The first-order valence-electron chi connectivity index (χ1n) is 9.86. The average Bonchev–Trinajstić information content (AvgIpc) is 3.01. The van der Waals surface area contributed by atoms with E-state index in [0.717, 1.165) is 35.9 Å². The predicted octanol–water partition coefficient (Wildman–Crippen LogP) is 2.50. The standard InChI is InChI=1S/C21H26N2O6S/c1-28-16-7-6-14(11-17(16)29-2)12-18-20(26)23(21(27)30-18)13-19(25)22-9-4-3-5-15(22)8-10-24/h6-7,11-12,15,24H,3-5,8-10,13H2,1-2H3/b18-12-/t15-/m0/s1. The van der Waals surface area contributed by atoms with Crippen LogP contribution in [0, 0.1) is 0 Å². The number of ether oxygens (including phenoxy) is 2. The van der Waals surface area contributed by atoms with Crippen LogP contribution in [0.4, 0.5) is 4.79 Å². The average molecular weight is 435 g/mol. The Hall–Kier alpha value is -2.52. The van der Waals surface area contributed by atoms with Gasteiger partial charge in [-0.15, -0.1) is 0 Å². The summed E-state index contributed by atoms with van der Waals surface area (Å²) in [6, 6.07) is 5.15. The number of imide groups is 1. The van der Waals surface area contributed by atoms with E-state index in [-0.39, 0.29) is 30.0 Å². The van der Waals surface area contributed by atoms with E-state index in [4.69, 9.17) is 9.47 Å². The van der Waals surface area contributed by atoms with E-state index in [1.54, 1.807) is 29.2 Å². The van der Waals surface area contributed by atoms with Crippen molar-refractivity contribution in [2.75, 3.05) is 33.9 Å². The van der Waals surface area contributed by atoms with E-state index in [0.29, 0.717) is 30.0 Å². The highest BCUT2D eigenvalue weighted by molar-refractivity contribution is 8.18. The Bertz CT molecular complexity index is 854. The number of hydrogen-bond acceptors (Lipinski definition) is 7. The van der Waals surface area contributed by atoms with Crippen LogP contribution in [-0.2, 0) is 9.59 Å². The van der Waals surface area contributed by atoms with E-state index >= 15 is 0 Å². The van der Waals surface area contributed by atoms with Gasteiger partial charge in [0.05, 0.1) is 19.1 Å². The molecule has 2 aliphatic rings. The highest BCUT2D eigenvalue weighted by atomic mass is 32.2. The molecule has 8 nitrogen and oxygen atoms in total. The number of aliphatic hydroxyl groups is 1. The summed E-state index contributed by atoms with van der Waals surface area (Å²) in [7, 11) is 3.05. The fraction of sp³-hybridized carbons (Fsp3) is 0.476. The fourth-order valence-corrected chi connectivity index (χ4v) is 4.57. The predicted molar refractivity (Wildman–Crippen MR) is 113 cm³/mol. The summed E-state index contributed by atoms with van der Waals surface area (Å²) in [4.78, 5) is 40.9. The third-order valence-corrected chi connectivity index (χ3v) is 6.19. The zero-order chi connectivity index (χ0) is 21.7. The van der Waals surface area contributed by atoms with Crippen molar-refractivity contribution < 1.29 is 29.0 Å². The Labute approximate surface area is 179 Å². The van der Waals surface area contributed by atoms with Gasteiger partial charge in [0.15, 0.2) is 11.5 Å². The second-order valence-corrected chi connectivity index (χ2v) is 8.12. The largest absolute Gasteiger partial charge is 0.493 e. The zero-order valence-corrected chi connectivity index (χ0v) is 17.9. The van der Waals surface area contributed by atoms with Crippen molar-refractivity contribution in [1.29, 1.82) is 0 Å². The number of benzene rings is 1. The van der Waals surface area contributed by atoms with Crippen molar-refractivity contribution in [1.82, 2.24) is 9.80 Å². The van der Waals surface area contributed by atoms with Crippen molar-refractivity contribution >= 4 is 34.9 Å². The maximum absolute atomic E-state index is 12.8. The van der Waals surface area contributed by atoms with Gasteiger partial charge in [-0.3, -0.25) is 19.3 Å². The fourth-order valence-electron chi connectivity index (χ4n) is 3.73. The Morgan fingerprint density at radius 3 is 2.70 bits per heavy atom. The van der Waals surface area contributed by atoms with E-state index in [1.165, 1.54) is 14.2 Å². The van der Waals surface area contributed by atoms with Crippen LogP contribution in [0.25, 0.3) is 6.08 Å². The van der Waals surface area contributed by atoms with Crippen LogP contribution in [-0.4, -0.2) is 71.9 Å². The lowest BCUT2D eigenvalue weighted by molar-refractivity contribution is -0.139. The van der Waals surface area contributed by atoms with Gasteiger partial charge in [-0.1, -0.05) is 6.07 Å². The van der Waals surface area contributed by atoms with E-state index < -0.39 is 11.1 Å². The molecule has 0 spiro atoms. The van der Waals surface area contributed by atoms with Crippen LogP contribution in [0.15, 0.2) is 23.1 Å². The third kappa shape index (κ3) is 4.79. The van der Waals surface area contributed by atoms with Crippen LogP contribution in [0.2, 0.25) is 0 Å². The highest BCUT2D eigenvalue weighted by Gasteiger charge is 2.38. The number of amides is 3. The summed E-state index contributed by atoms with van der Waals surface area (Å²) in [5.41, 5.74) is 0.684. The number of nitrogens with zero attached hydrogens (tertiary/aromatic N) is 2. The van der Waals surface area contributed by atoms with Crippen molar-refractivity contribution in [3.63, 3.8) is 0 Å². The number of thioether (sulfide) groups is 1. The number of aliphatic hydroxyl groups excluding tert-OH is 1. The van der Waals surface area contributed by atoms with Crippen LogP contribution < -0.4 is 9.47 Å². The summed E-state index contributed by atoms with van der Waals surface area (Å²) < 4.78 is 10.5. The number of piperidine rings is 1. The van der Waals surface area contributed by atoms with Crippen molar-refractivity contribution in [3.8, 4) is 11.5 Å². The molecular weight excluding hydrogens is 408 g/mol. The molecular formula is C21H26N2O6S. The summed E-state index contributed by atoms with van der Waals surface area (Å²) in [5.74, 6) is 0.333. The maximum atomic E-state index is 12.8. The Balaban J connectivity index is 1.73. The number of rotatable bonds is 7. The second-order valence-electron chi connectivity index (χ2n) is 7.13. The smallest absolute Gasteiger partial charge is 0.294 e. The minimum Gasteiger partial charge on any atom is -0.493 e. The third-order valence-electron chi connectivity index (χ3n) is 5.28. The molecule has 0 bridgehead atoms. The molecule has 1 aromatic rings. The van der Waals surface area contributed by atoms with Gasteiger partial charge in [-0.2, -0.15) is 0 Å². The van der Waals surface area contributed by atoms with Gasteiger partial charge >= 0.3 is 0 Å². The number of carbonyl (C=O) groups excluding carboxylic acids is 3. The molecule has 2 fully saturated rings. The van der Waals surface area contributed by atoms with Crippen molar-refractivity contribution in [2.24, 2.45) is 0 Å². The molecule has 2 aliphatic heterocycles. The Morgan fingerprint density at radius 1 is 1.23 bits per heavy atom. The molecule has 0 unspecified atom stereocenters. The van der Waals surface area contributed by atoms with Gasteiger partial charge in [-0.25, -0.2) is 0 Å². The highest BCUT2D eigenvalue weighted by Crippen LogP contribution is 2.34. The van der Waals surface area contributed by atoms with Crippen molar-refractivity contribution in [2.45, 2.75) is 31.7 Å². The minimum atomic E-state index is -0.483. The lowest BCUT2D eigenvalue weighted by atomic mass is 9.99. The number of likely N-dealkylation sites (tertiary alicyclic amines) is 1. The van der Waals surface area contributed by atoms with Gasteiger partial charge in [0.2, 0.25) is 5.91 Å². The molecule has 2 saturated heterocycles. The molecule has 30 heavy (non-hydrogen) atoms. The van der Waals surface area contributed by atoms with Gasteiger partial charge in [0.1, 0.15) is 6.54 Å². The lowest BCUT2D eigenvalue weighted by Gasteiger charge is -2.36. The van der Waals surface area contributed by atoms with Crippen LogP contribution in [0.3, 0.4) is 0 Å². The molecule has 1 N–H and O–H groups in total. The first kappa shape index (κ1) is 22.2. The van der Waals surface area contributed by atoms with Crippen molar-refractivity contribution in [3.05, 3.63) is 28.7 Å². The molecule has 1 aromatic carbocycles. The first-order valence-corrected chi connectivity index (χ1v) is 10.7. The first-order chi connectivity index (χ1) is 14.5. The summed E-state index contributed by atoms with van der Waals surface area (Å²) in [6.07, 6.45) is 4.83. The zero-order valence-electron chi connectivity index (χ0n) is 17.1. The molecule has 0 aromatic heterocycles. The Kier molecular flexibility index (Phi) is 7.38. The lowest BCUT2D eigenvalue weighted by Crippen LogP contribution is -2.49. The number of methoxy groups -OCH3 is 2. The molecule has 0 radical (unpaired) electrons. The molecule has 0 aliphatic carbocycles. The topological polar surface area (TPSA) is 96.4 Å². The molecule has 1 atom stereocenters. The quantitative estimate of drug-likeness (QED) is 0.659. The van der Waals surface area contributed by atoms with Gasteiger partial charge in [0, 0.05) is 19.2 Å². The van der Waals surface area contributed by atoms with Crippen LogP contribution >= 0.6 is 11.8 Å². The van der Waals surface area contributed by atoms with E-state index in [2.05, 4.69) is 0 Å². The van der Waals surface area contributed by atoms with Crippen LogP contribution in [0.1, 0.15) is 31.2 Å². The minimum absolute atomic E-state index is 0.00405.